The van der Waals surface area contributed by atoms with Gasteiger partial charge in [-0.05, 0) is 34.1 Å². The van der Waals surface area contributed by atoms with Crippen molar-refractivity contribution in [2.24, 2.45) is 0 Å². The van der Waals surface area contributed by atoms with Gasteiger partial charge in [0.1, 0.15) is 5.60 Å². The average molecular weight is 303 g/mol. The second-order valence-electron chi connectivity index (χ2n) is 6.17. The van der Waals surface area contributed by atoms with Gasteiger partial charge in [0.2, 0.25) is 0 Å². The highest BCUT2D eigenvalue weighted by Crippen LogP contribution is 2.30. The molecule has 0 aromatic heterocycles. The molecule has 1 unspecified atom stereocenters. The summed E-state index contributed by atoms with van der Waals surface area (Å²) in [7, 11) is 2.72. The average Bonchev–Trinajstić information content (AvgIpc) is 2.71. The van der Waals surface area contributed by atoms with Crippen LogP contribution in [0, 0.1) is 0 Å². The van der Waals surface area contributed by atoms with E-state index >= 15 is 0 Å². The van der Waals surface area contributed by atoms with Crippen LogP contribution in [0.15, 0.2) is 0 Å². The highest BCUT2D eigenvalue weighted by molar-refractivity contribution is 5.77. The summed E-state index contributed by atoms with van der Waals surface area (Å²) < 4.78 is 15.2. The summed E-state index contributed by atoms with van der Waals surface area (Å²) in [6.07, 6.45) is -1.94. The summed E-state index contributed by atoms with van der Waals surface area (Å²) in [5, 5.41) is 10.1. The van der Waals surface area contributed by atoms with Crippen molar-refractivity contribution < 1.29 is 28.9 Å². The molecular weight excluding hydrogens is 278 g/mol. The van der Waals surface area contributed by atoms with Gasteiger partial charge in [0.25, 0.3) is 0 Å². The molecule has 7 heteroatoms. The molecule has 1 aliphatic rings. The molecule has 122 valence electrons. The molecule has 0 bridgehead atoms. The lowest BCUT2D eigenvalue weighted by molar-refractivity contribution is -0.153. The van der Waals surface area contributed by atoms with Crippen LogP contribution in [0.2, 0.25) is 0 Å². The van der Waals surface area contributed by atoms with Gasteiger partial charge in [-0.1, -0.05) is 0 Å². The molecule has 0 saturated carbocycles. The standard InChI is InChI=1S/C14H25NO6/c1-8-10(19-5)7-9(11(16)12(17)20-6)15(8)13(18)21-14(2,3)4/h8-11,16H,7H2,1-6H3/t8-,9-,10-,11?/m0/s1. The summed E-state index contributed by atoms with van der Waals surface area (Å²) in [5.74, 6) is -0.780. The zero-order valence-corrected chi connectivity index (χ0v) is 13.5. The first kappa shape index (κ1) is 17.7. The molecule has 0 radical (unpaired) electrons. The Morgan fingerprint density at radius 3 is 2.29 bits per heavy atom. The Morgan fingerprint density at radius 1 is 1.29 bits per heavy atom. The Kier molecular flexibility index (Phi) is 5.58. The summed E-state index contributed by atoms with van der Waals surface area (Å²) in [4.78, 5) is 25.3. The predicted molar refractivity (Wildman–Crippen MR) is 74.8 cm³/mol. The smallest absolute Gasteiger partial charge is 0.410 e. The van der Waals surface area contributed by atoms with E-state index in [1.54, 1.807) is 27.7 Å². The minimum absolute atomic E-state index is 0.276. The summed E-state index contributed by atoms with van der Waals surface area (Å²) in [5.41, 5.74) is -0.664. The lowest BCUT2D eigenvalue weighted by Crippen LogP contribution is -2.50. The first-order chi connectivity index (χ1) is 9.62. The summed E-state index contributed by atoms with van der Waals surface area (Å²) in [6, 6.07) is -1.04. The molecule has 0 aromatic rings. The van der Waals surface area contributed by atoms with Crippen molar-refractivity contribution in [3.63, 3.8) is 0 Å². The van der Waals surface area contributed by atoms with Gasteiger partial charge in [0.05, 0.1) is 25.3 Å². The molecule has 0 spiro atoms. The summed E-state index contributed by atoms with van der Waals surface area (Å²) >= 11 is 0. The van der Waals surface area contributed by atoms with E-state index in [1.807, 2.05) is 0 Å². The Hall–Kier alpha value is -1.34. The Morgan fingerprint density at radius 2 is 1.86 bits per heavy atom. The van der Waals surface area contributed by atoms with Crippen LogP contribution >= 0.6 is 0 Å². The molecule has 1 aliphatic heterocycles. The van der Waals surface area contributed by atoms with Crippen LogP contribution in [-0.4, -0.2) is 66.2 Å². The number of aliphatic hydroxyl groups excluding tert-OH is 1. The van der Waals surface area contributed by atoms with E-state index in [0.717, 1.165) is 0 Å². The molecule has 7 nitrogen and oxygen atoms in total. The molecular formula is C14H25NO6. The Bertz CT molecular complexity index is 391. The van der Waals surface area contributed by atoms with E-state index in [1.165, 1.54) is 19.1 Å². The maximum atomic E-state index is 12.3. The maximum absolute atomic E-state index is 12.3. The van der Waals surface area contributed by atoms with Gasteiger partial charge in [0, 0.05) is 7.11 Å². The van der Waals surface area contributed by atoms with E-state index in [2.05, 4.69) is 4.74 Å². The quantitative estimate of drug-likeness (QED) is 0.781. The first-order valence-corrected chi connectivity index (χ1v) is 6.92. The number of likely N-dealkylation sites (tertiary alicyclic amines) is 1. The molecule has 1 amide bonds. The number of nitrogens with zero attached hydrogens (tertiary/aromatic N) is 1. The van der Waals surface area contributed by atoms with E-state index in [-0.39, 0.29) is 12.1 Å². The van der Waals surface area contributed by atoms with Gasteiger partial charge < -0.3 is 19.3 Å². The Labute approximate surface area is 125 Å². The van der Waals surface area contributed by atoms with Crippen molar-refractivity contribution >= 4 is 12.1 Å². The number of carbonyl (C=O) groups is 2. The number of hydrogen-bond acceptors (Lipinski definition) is 6. The predicted octanol–water partition coefficient (Wildman–Crippen LogP) is 0.933. The van der Waals surface area contributed by atoms with Crippen molar-refractivity contribution in [3.8, 4) is 0 Å². The number of rotatable bonds is 3. The molecule has 1 saturated heterocycles. The summed E-state index contributed by atoms with van der Waals surface area (Å²) in [6.45, 7) is 7.06. The highest BCUT2D eigenvalue weighted by atomic mass is 16.6. The van der Waals surface area contributed by atoms with Crippen molar-refractivity contribution in [2.75, 3.05) is 14.2 Å². The maximum Gasteiger partial charge on any atom is 0.410 e. The molecule has 0 aliphatic carbocycles. The lowest BCUT2D eigenvalue weighted by atomic mass is 10.1. The van der Waals surface area contributed by atoms with Crippen LogP contribution in [-0.2, 0) is 19.0 Å². The first-order valence-electron chi connectivity index (χ1n) is 6.92. The molecule has 1 fully saturated rings. The number of hydrogen-bond donors (Lipinski definition) is 1. The fraction of sp³-hybridized carbons (Fsp3) is 0.857. The van der Waals surface area contributed by atoms with Crippen molar-refractivity contribution in [2.45, 2.75) is 64.0 Å². The number of methoxy groups -OCH3 is 2. The van der Waals surface area contributed by atoms with Gasteiger partial charge in [-0.3, -0.25) is 4.90 Å². The molecule has 1 rings (SSSR count). The normalized spacial score (nSPS) is 27.4. The van der Waals surface area contributed by atoms with Crippen LogP contribution in [0.25, 0.3) is 0 Å². The van der Waals surface area contributed by atoms with Gasteiger partial charge in [-0.2, -0.15) is 0 Å². The minimum atomic E-state index is -1.43. The van der Waals surface area contributed by atoms with Gasteiger partial charge in [0.15, 0.2) is 6.10 Å². The number of carbonyl (C=O) groups excluding carboxylic acids is 2. The fourth-order valence-corrected chi connectivity index (χ4v) is 2.50. The minimum Gasteiger partial charge on any atom is -0.467 e. The number of esters is 1. The van der Waals surface area contributed by atoms with Crippen LogP contribution in [0.3, 0.4) is 0 Å². The molecule has 1 N–H and O–H groups in total. The monoisotopic (exact) mass is 303 g/mol. The molecule has 4 atom stereocenters. The van der Waals surface area contributed by atoms with Crippen molar-refractivity contribution in [1.29, 1.82) is 0 Å². The van der Waals surface area contributed by atoms with E-state index < -0.39 is 29.8 Å². The third-order valence-corrected chi connectivity index (χ3v) is 3.52. The molecule has 21 heavy (non-hydrogen) atoms. The number of aliphatic hydroxyl groups is 1. The van der Waals surface area contributed by atoms with Crippen LogP contribution in [0.5, 0.6) is 0 Å². The van der Waals surface area contributed by atoms with Crippen molar-refractivity contribution in [3.05, 3.63) is 0 Å². The van der Waals surface area contributed by atoms with Crippen molar-refractivity contribution in [1.82, 2.24) is 4.90 Å². The number of ether oxygens (including phenoxy) is 3. The lowest BCUT2D eigenvalue weighted by Gasteiger charge is -2.32. The zero-order chi connectivity index (χ0) is 16.4. The third-order valence-electron chi connectivity index (χ3n) is 3.52. The largest absolute Gasteiger partial charge is 0.467 e. The van der Waals surface area contributed by atoms with Crippen LogP contribution < -0.4 is 0 Å². The van der Waals surface area contributed by atoms with Crippen LogP contribution in [0.1, 0.15) is 34.1 Å². The van der Waals surface area contributed by atoms with Gasteiger partial charge in [-0.25, -0.2) is 9.59 Å². The van der Waals surface area contributed by atoms with Crippen LogP contribution in [0.4, 0.5) is 4.79 Å². The second kappa shape index (κ2) is 6.62. The second-order valence-corrected chi connectivity index (χ2v) is 6.17. The van der Waals surface area contributed by atoms with E-state index in [4.69, 9.17) is 9.47 Å². The third kappa shape index (κ3) is 4.07. The van der Waals surface area contributed by atoms with Gasteiger partial charge >= 0.3 is 12.1 Å². The molecule has 0 aromatic carbocycles. The zero-order valence-electron chi connectivity index (χ0n) is 13.5. The highest BCUT2D eigenvalue weighted by Gasteiger charge is 2.48. The molecule has 1 heterocycles. The fourth-order valence-electron chi connectivity index (χ4n) is 2.50. The topological polar surface area (TPSA) is 85.3 Å². The van der Waals surface area contributed by atoms with Gasteiger partial charge in [-0.15, -0.1) is 0 Å². The Balaban J connectivity index is 2.98. The van der Waals surface area contributed by atoms with E-state index in [0.29, 0.717) is 6.42 Å². The van der Waals surface area contributed by atoms with E-state index in [9.17, 15) is 14.7 Å². The SMILES string of the molecule is COC(=O)C(O)[C@@H]1C[C@H](OC)[C@H](C)N1C(=O)OC(C)(C)C. The number of amides is 1.